The van der Waals surface area contributed by atoms with Gasteiger partial charge in [0.1, 0.15) is 0 Å². The number of fused-ring (bicyclic) bond motifs is 1. The maximum atomic E-state index is 12.3. The zero-order valence-corrected chi connectivity index (χ0v) is 18.2. The summed E-state index contributed by atoms with van der Waals surface area (Å²) in [5.41, 5.74) is 6.30. The lowest BCUT2D eigenvalue weighted by molar-refractivity contribution is -0.118. The van der Waals surface area contributed by atoms with Crippen molar-refractivity contribution in [3.63, 3.8) is 0 Å². The first-order valence-electron chi connectivity index (χ1n) is 9.95. The topological polar surface area (TPSA) is 88.7 Å². The molecule has 0 radical (unpaired) electrons. The highest BCUT2D eigenvalue weighted by Crippen LogP contribution is 2.26. The monoisotopic (exact) mass is 446 g/mol. The fourth-order valence-electron chi connectivity index (χ4n) is 3.20. The molecule has 3 aromatic carbocycles. The van der Waals surface area contributed by atoms with Crippen LogP contribution in [0.15, 0.2) is 83.1 Å². The minimum atomic E-state index is -0.240. The molecule has 4 aromatic rings. The van der Waals surface area contributed by atoms with E-state index in [4.69, 9.17) is 9.72 Å². The molecule has 0 aliphatic carbocycles. The molecule has 0 spiro atoms. The minimum absolute atomic E-state index is 0.0449. The van der Waals surface area contributed by atoms with Gasteiger partial charge in [-0.3, -0.25) is 4.79 Å². The van der Waals surface area contributed by atoms with Gasteiger partial charge in [-0.05, 0) is 41.5 Å². The van der Waals surface area contributed by atoms with Crippen LogP contribution in [0.2, 0.25) is 0 Å². The number of aromatic hydroxyl groups is 1. The second-order valence-corrected chi connectivity index (χ2v) is 7.91. The fraction of sp³-hybridized carbons (Fsp3) is 0.125. The number of thioether (sulfide) groups is 1. The molecule has 0 aliphatic heterocycles. The Bertz CT molecular complexity index is 1250. The molecule has 0 fully saturated rings. The van der Waals surface area contributed by atoms with E-state index in [9.17, 15) is 9.90 Å². The van der Waals surface area contributed by atoms with Gasteiger partial charge in [0.25, 0.3) is 5.91 Å². The van der Waals surface area contributed by atoms with E-state index in [1.807, 2.05) is 42.5 Å². The van der Waals surface area contributed by atoms with Gasteiger partial charge in [0.2, 0.25) is 0 Å². The highest BCUT2D eigenvalue weighted by Gasteiger charge is 2.13. The van der Waals surface area contributed by atoms with Gasteiger partial charge in [-0.25, -0.2) is 10.4 Å². The number of nitrogens with one attached hydrogen (secondary N) is 1. The van der Waals surface area contributed by atoms with Crippen molar-refractivity contribution in [1.29, 1.82) is 0 Å². The standard InChI is InChI=1S/C24H22N4O3S/c1-31-22-13-18(11-12-21(22)29)14-25-27-23(30)16-32-24-26-19-9-5-6-10-20(19)28(24)15-17-7-3-2-4-8-17/h2-14,29H,15-16H2,1H3,(H,27,30)/b25-14+. The van der Waals surface area contributed by atoms with Crippen LogP contribution in [-0.2, 0) is 11.3 Å². The number of hydrazone groups is 1. The number of nitrogens with zero attached hydrogens (tertiary/aromatic N) is 3. The lowest BCUT2D eigenvalue weighted by Gasteiger charge is -2.09. The minimum Gasteiger partial charge on any atom is -0.504 e. The Kier molecular flexibility index (Phi) is 6.72. The van der Waals surface area contributed by atoms with Crippen molar-refractivity contribution in [3.05, 3.63) is 83.9 Å². The van der Waals surface area contributed by atoms with Gasteiger partial charge < -0.3 is 14.4 Å². The van der Waals surface area contributed by atoms with E-state index in [1.54, 1.807) is 12.1 Å². The first-order chi connectivity index (χ1) is 15.6. The number of aromatic nitrogens is 2. The van der Waals surface area contributed by atoms with Gasteiger partial charge in [-0.2, -0.15) is 5.10 Å². The molecule has 1 heterocycles. The van der Waals surface area contributed by atoms with Crippen LogP contribution in [-0.4, -0.2) is 39.6 Å². The molecule has 0 saturated carbocycles. The van der Waals surface area contributed by atoms with E-state index in [0.717, 1.165) is 21.8 Å². The molecule has 162 valence electrons. The van der Waals surface area contributed by atoms with Crippen molar-refractivity contribution in [2.75, 3.05) is 12.9 Å². The van der Waals surface area contributed by atoms with Gasteiger partial charge >= 0.3 is 0 Å². The fourth-order valence-corrected chi connectivity index (χ4v) is 4.00. The van der Waals surface area contributed by atoms with Crippen molar-refractivity contribution < 1.29 is 14.6 Å². The van der Waals surface area contributed by atoms with E-state index >= 15 is 0 Å². The number of phenols is 1. The SMILES string of the molecule is COc1cc(/C=N/NC(=O)CSc2nc3ccccc3n2Cc2ccccc2)ccc1O. The van der Waals surface area contributed by atoms with Crippen molar-refractivity contribution in [2.45, 2.75) is 11.7 Å². The zero-order chi connectivity index (χ0) is 22.3. The first-order valence-corrected chi connectivity index (χ1v) is 10.9. The second kappa shape index (κ2) is 10.0. The number of carbonyl (C=O) groups is 1. The molecule has 4 rings (SSSR count). The third kappa shape index (κ3) is 5.09. The third-order valence-electron chi connectivity index (χ3n) is 4.74. The average Bonchev–Trinajstić information content (AvgIpc) is 3.17. The lowest BCUT2D eigenvalue weighted by Crippen LogP contribution is -2.20. The van der Waals surface area contributed by atoms with Gasteiger partial charge in [-0.1, -0.05) is 54.2 Å². The summed E-state index contributed by atoms with van der Waals surface area (Å²) < 4.78 is 7.19. The first kappa shape index (κ1) is 21.5. The number of carbonyl (C=O) groups excluding carboxylic acids is 1. The number of para-hydroxylation sites is 2. The zero-order valence-electron chi connectivity index (χ0n) is 17.4. The number of phenolic OH excluding ortho intramolecular Hbond substituents is 1. The number of amides is 1. The summed E-state index contributed by atoms with van der Waals surface area (Å²) >= 11 is 1.37. The highest BCUT2D eigenvalue weighted by molar-refractivity contribution is 7.99. The Morgan fingerprint density at radius 1 is 1.16 bits per heavy atom. The molecule has 0 saturated heterocycles. The van der Waals surface area contributed by atoms with Crippen molar-refractivity contribution in [2.24, 2.45) is 5.10 Å². The average molecular weight is 447 g/mol. The summed E-state index contributed by atoms with van der Waals surface area (Å²) in [5, 5.41) is 14.4. The van der Waals surface area contributed by atoms with Crippen LogP contribution in [0.3, 0.4) is 0 Å². The van der Waals surface area contributed by atoms with Crippen LogP contribution in [0, 0.1) is 0 Å². The molecule has 0 aliphatic rings. The predicted octanol–water partition coefficient (Wildman–Crippen LogP) is 4.04. The number of methoxy groups -OCH3 is 1. The summed E-state index contributed by atoms with van der Waals surface area (Å²) in [6.07, 6.45) is 1.50. The van der Waals surface area contributed by atoms with E-state index in [-0.39, 0.29) is 17.4 Å². The number of rotatable bonds is 8. The van der Waals surface area contributed by atoms with Crippen LogP contribution in [0.25, 0.3) is 11.0 Å². The smallest absolute Gasteiger partial charge is 0.250 e. The Labute approximate surface area is 189 Å². The molecule has 1 amide bonds. The van der Waals surface area contributed by atoms with Gasteiger partial charge in [-0.15, -0.1) is 0 Å². The lowest BCUT2D eigenvalue weighted by atomic mass is 10.2. The maximum Gasteiger partial charge on any atom is 0.250 e. The third-order valence-corrected chi connectivity index (χ3v) is 5.72. The summed E-state index contributed by atoms with van der Waals surface area (Å²) in [6, 6.07) is 22.9. The molecule has 0 bridgehead atoms. The Balaban J connectivity index is 1.42. The van der Waals surface area contributed by atoms with Gasteiger partial charge in [0, 0.05) is 0 Å². The number of hydrogen-bond donors (Lipinski definition) is 2. The van der Waals surface area contributed by atoms with Crippen LogP contribution < -0.4 is 10.2 Å². The Morgan fingerprint density at radius 3 is 2.75 bits per heavy atom. The molecular formula is C24H22N4O3S. The van der Waals surface area contributed by atoms with Gasteiger partial charge in [0.05, 0.1) is 36.7 Å². The number of hydrogen-bond acceptors (Lipinski definition) is 6. The largest absolute Gasteiger partial charge is 0.504 e. The van der Waals surface area contributed by atoms with Crippen LogP contribution >= 0.6 is 11.8 Å². The Morgan fingerprint density at radius 2 is 1.94 bits per heavy atom. The molecule has 0 atom stereocenters. The normalized spacial score (nSPS) is 11.2. The quantitative estimate of drug-likeness (QED) is 0.242. The van der Waals surface area contributed by atoms with Gasteiger partial charge in [0.15, 0.2) is 16.7 Å². The van der Waals surface area contributed by atoms with E-state index in [0.29, 0.717) is 17.9 Å². The van der Waals surface area contributed by atoms with E-state index in [1.165, 1.54) is 31.2 Å². The maximum absolute atomic E-state index is 12.3. The molecule has 7 nitrogen and oxygen atoms in total. The number of benzene rings is 3. The van der Waals surface area contributed by atoms with E-state index < -0.39 is 0 Å². The summed E-state index contributed by atoms with van der Waals surface area (Å²) in [5.74, 6) is 0.320. The number of imidazole rings is 1. The van der Waals surface area contributed by atoms with Crippen molar-refractivity contribution >= 4 is 34.9 Å². The van der Waals surface area contributed by atoms with Crippen LogP contribution in [0.1, 0.15) is 11.1 Å². The summed E-state index contributed by atoms with van der Waals surface area (Å²) in [6.45, 7) is 0.673. The molecule has 1 aromatic heterocycles. The second-order valence-electron chi connectivity index (χ2n) is 6.97. The molecule has 32 heavy (non-hydrogen) atoms. The molecule has 8 heteroatoms. The van der Waals surface area contributed by atoms with Crippen molar-refractivity contribution in [3.8, 4) is 11.5 Å². The number of ether oxygens (including phenoxy) is 1. The highest BCUT2D eigenvalue weighted by atomic mass is 32.2. The Hall–Kier alpha value is -3.78. The summed E-state index contributed by atoms with van der Waals surface area (Å²) in [4.78, 5) is 17.0. The van der Waals surface area contributed by atoms with Crippen LogP contribution in [0.5, 0.6) is 11.5 Å². The predicted molar refractivity (Wildman–Crippen MR) is 126 cm³/mol. The molecule has 0 unspecified atom stereocenters. The van der Waals surface area contributed by atoms with Crippen LogP contribution in [0.4, 0.5) is 0 Å². The van der Waals surface area contributed by atoms with Crippen molar-refractivity contribution in [1.82, 2.24) is 15.0 Å². The van der Waals surface area contributed by atoms with E-state index in [2.05, 4.69) is 27.2 Å². The molecule has 2 N–H and O–H groups in total. The molecular weight excluding hydrogens is 424 g/mol. The summed E-state index contributed by atoms with van der Waals surface area (Å²) in [7, 11) is 1.47.